The summed E-state index contributed by atoms with van der Waals surface area (Å²) in [5.74, 6) is -1.33. The van der Waals surface area contributed by atoms with Crippen molar-refractivity contribution in [1.82, 2.24) is 5.32 Å². The van der Waals surface area contributed by atoms with E-state index in [9.17, 15) is 19.5 Å². The number of hydrogen-bond donors (Lipinski definition) is 3. The van der Waals surface area contributed by atoms with E-state index in [1.807, 2.05) is 0 Å². The fraction of sp³-hybridized carbons (Fsp3) is 0.812. The number of carbonyl (C=O) groups is 3. The summed E-state index contributed by atoms with van der Waals surface area (Å²) in [4.78, 5) is 36.4. The van der Waals surface area contributed by atoms with Crippen molar-refractivity contribution >= 4 is 17.8 Å². The highest BCUT2D eigenvalue weighted by molar-refractivity contribution is 5.83. The first-order chi connectivity index (χ1) is 26.9. The molecule has 4 N–H and O–H groups in total. The maximum atomic E-state index is 12.8. The maximum Gasteiger partial charge on any atom is 0.326 e. The number of amides is 1. The number of hydrogen-bond acceptors (Lipinski definition) is 5. The minimum atomic E-state index is -1.01. The van der Waals surface area contributed by atoms with E-state index in [2.05, 4.69) is 55.6 Å². The second-order valence-corrected chi connectivity index (χ2v) is 15.8. The molecule has 320 valence electrons. The lowest BCUT2D eigenvalue weighted by molar-refractivity contribution is -0.147. The molecule has 0 saturated carbocycles. The molecule has 0 aliphatic rings. The van der Waals surface area contributed by atoms with Gasteiger partial charge in [0.15, 0.2) is 0 Å². The molecule has 7 heteroatoms. The number of rotatable bonds is 42. The Morgan fingerprint density at radius 1 is 0.545 bits per heavy atom. The minimum Gasteiger partial charge on any atom is -0.480 e. The Morgan fingerprint density at radius 3 is 1.51 bits per heavy atom. The predicted octanol–water partition coefficient (Wildman–Crippen LogP) is 13.4. The molecule has 0 aliphatic heterocycles. The second kappa shape index (κ2) is 42.7. The van der Waals surface area contributed by atoms with Gasteiger partial charge in [-0.2, -0.15) is 0 Å². The molecule has 0 saturated heterocycles. The van der Waals surface area contributed by atoms with Crippen LogP contribution in [0.2, 0.25) is 0 Å². The van der Waals surface area contributed by atoms with Crippen LogP contribution in [0.3, 0.4) is 0 Å². The van der Waals surface area contributed by atoms with E-state index >= 15 is 0 Å². The molecule has 0 bridgehead atoms. The molecule has 0 aromatic heterocycles. The van der Waals surface area contributed by atoms with Gasteiger partial charge in [-0.25, -0.2) is 4.79 Å². The van der Waals surface area contributed by atoms with Crippen LogP contribution in [-0.4, -0.2) is 41.6 Å². The summed E-state index contributed by atoms with van der Waals surface area (Å²) in [7, 11) is 0. The van der Waals surface area contributed by atoms with Crippen molar-refractivity contribution in [2.24, 2.45) is 5.73 Å². The molecule has 55 heavy (non-hydrogen) atoms. The number of allylic oxidation sites excluding steroid dienone is 5. The van der Waals surface area contributed by atoms with Crippen molar-refractivity contribution in [2.75, 3.05) is 6.54 Å². The Hall–Kier alpha value is -2.41. The van der Waals surface area contributed by atoms with Crippen LogP contribution in [0, 0.1) is 0 Å². The standard InChI is InChI=1S/C48H88N2O5/c1-3-5-7-9-11-13-14-15-16-17-18-19-20-21-22-23-24-26-28-30-36-42-47(52)55-44(38-33-29-27-25-12-10-8-6-4-2)39-34-31-32-35-41-46(51)50-45(48(53)54)40-37-43-49/h14-15,17-18,33,38,44-45H,3-13,16,19-32,34-37,39-43,49H2,1-2H3,(H,50,51)(H,53,54)/b15-14-,18-17-,38-33-. The van der Waals surface area contributed by atoms with Crippen LogP contribution in [-0.2, 0) is 19.1 Å². The van der Waals surface area contributed by atoms with Crippen LogP contribution in [0.1, 0.15) is 232 Å². The SMILES string of the molecule is CCCCCCC/C=C\C/C=C\CCCCCCCCCCCC(=O)OC(/C=C\CCCCCCCCC)CCCCCCC(=O)NC(CCCN)C(=O)O. The lowest BCUT2D eigenvalue weighted by Crippen LogP contribution is -2.40. The first kappa shape index (κ1) is 52.6. The molecule has 0 aliphatic carbocycles. The zero-order valence-electron chi connectivity index (χ0n) is 36.0. The number of ether oxygens (including phenoxy) is 1. The normalized spacial score (nSPS) is 12.9. The van der Waals surface area contributed by atoms with Crippen molar-refractivity contribution in [3.8, 4) is 0 Å². The highest BCUT2D eigenvalue weighted by atomic mass is 16.5. The van der Waals surface area contributed by atoms with Gasteiger partial charge in [0, 0.05) is 12.8 Å². The fourth-order valence-corrected chi connectivity index (χ4v) is 6.86. The molecule has 0 rings (SSSR count). The van der Waals surface area contributed by atoms with Gasteiger partial charge < -0.3 is 20.9 Å². The Labute approximate surface area is 339 Å². The summed E-state index contributed by atoms with van der Waals surface area (Å²) in [6.45, 7) is 4.92. The molecule has 0 radical (unpaired) electrons. The van der Waals surface area contributed by atoms with E-state index in [4.69, 9.17) is 10.5 Å². The number of unbranched alkanes of at least 4 members (excludes halogenated alkanes) is 24. The van der Waals surface area contributed by atoms with Crippen LogP contribution >= 0.6 is 0 Å². The fourth-order valence-electron chi connectivity index (χ4n) is 6.86. The van der Waals surface area contributed by atoms with E-state index in [-0.39, 0.29) is 18.0 Å². The molecule has 0 aromatic rings. The van der Waals surface area contributed by atoms with Gasteiger partial charge in [0.2, 0.25) is 5.91 Å². The van der Waals surface area contributed by atoms with Crippen molar-refractivity contribution in [2.45, 2.75) is 244 Å². The van der Waals surface area contributed by atoms with Gasteiger partial charge in [0.05, 0.1) is 0 Å². The molecule has 0 spiro atoms. The van der Waals surface area contributed by atoms with Gasteiger partial charge in [0.25, 0.3) is 0 Å². The monoisotopic (exact) mass is 773 g/mol. The molecule has 7 nitrogen and oxygen atoms in total. The summed E-state index contributed by atoms with van der Waals surface area (Å²) in [6, 6.07) is -0.871. The van der Waals surface area contributed by atoms with Crippen molar-refractivity contribution in [3.05, 3.63) is 36.5 Å². The predicted molar refractivity (Wildman–Crippen MR) is 234 cm³/mol. The van der Waals surface area contributed by atoms with E-state index in [0.29, 0.717) is 38.6 Å². The van der Waals surface area contributed by atoms with Gasteiger partial charge in [-0.05, 0) is 96.1 Å². The average molecular weight is 773 g/mol. The van der Waals surface area contributed by atoms with Crippen LogP contribution in [0.5, 0.6) is 0 Å². The smallest absolute Gasteiger partial charge is 0.326 e. The van der Waals surface area contributed by atoms with Gasteiger partial charge in [-0.1, -0.05) is 166 Å². The number of esters is 1. The van der Waals surface area contributed by atoms with E-state index in [0.717, 1.165) is 51.4 Å². The number of nitrogens with two attached hydrogens (primary N) is 1. The molecular formula is C48H88N2O5. The molecule has 2 atom stereocenters. The van der Waals surface area contributed by atoms with Crippen molar-refractivity contribution in [3.63, 3.8) is 0 Å². The molecule has 0 heterocycles. The van der Waals surface area contributed by atoms with Crippen LogP contribution in [0.15, 0.2) is 36.5 Å². The summed E-state index contributed by atoms with van der Waals surface area (Å²) < 4.78 is 5.95. The molecule has 0 aromatic carbocycles. The molecular weight excluding hydrogens is 685 g/mol. The quantitative estimate of drug-likeness (QED) is 0.0323. The Morgan fingerprint density at radius 2 is 1.00 bits per heavy atom. The topological polar surface area (TPSA) is 119 Å². The van der Waals surface area contributed by atoms with Crippen molar-refractivity contribution < 1.29 is 24.2 Å². The number of aliphatic carboxylic acids is 1. The summed E-state index contributed by atoms with van der Waals surface area (Å²) in [5.41, 5.74) is 5.49. The van der Waals surface area contributed by atoms with Crippen LogP contribution < -0.4 is 11.1 Å². The van der Waals surface area contributed by atoms with E-state index in [1.54, 1.807) is 0 Å². The Kier molecular flexibility index (Phi) is 40.9. The lowest BCUT2D eigenvalue weighted by Gasteiger charge is -2.15. The first-order valence-corrected chi connectivity index (χ1v) is 23.3. The second-order valence-electron chi connectivity index (χ2n) is 15.8. The highest BCUT2D eigenvalue weighted by Crippen LogP contribution is 2.16. The molecule has 0 fully saturated rings. The van der Waals surface area contributed by atoms with E-state index < -0.39 is 12.0 Å². The average Bonchev–Trinajstić information content (AvgIpc) is 3.17. The summed E-state index contributed by atoms with van der Waals surface area (Å²) in [6.07, 6.45) is 50.7. The number of carboxylic acids is 1. The molecule has 1 amide bonds. The Bertz CT molecular complexity index is 962. The van der Waals surface area contributed by atoms with E-state index in [1.165, 1.54) is 135 Å². The van der Waals surface area contributed by atoms with Gasteiger partial charge in [-0.15, -0.1) is 0 Å². The Balaban J connectivity index is 4.20. The number of carbonyl (C=O) groups excluding carboxylic acids is 2. The van der Waals surface area contributed by atoms with Gasteiger partial charge >= 0.3 is 11.9 Å². The third-order valence-electron chi connectivity index (χ3n) is 10.4. The maximum absolute atomic E-state index is 12.8. The summed E-state index contributed by atoms with van der Waals surface area (Å²) >= 11 is 0. The number of carboxylic acid groups (broad SMARTS) is 1. The molecule has 2 unspecified atom stereocenters. The zero-order chi connectivity index (χ0) is 40.3. The first-order valence-electron chi connectivity index (χ1n) is 23.3. The minimum absolute atomic E-state index is 0.0901. The van der Waals surface area contributed by atoms with Crippen molar-refractivity contribution in [1.29, 1.82) is 0 Å². The number of nitrogens with one attached hydrogen (secondary N) is 1. The largest absolute Gasteiger partial charge is 0.480 e. The summed E-state index contributed by atoms with van der Waals surface area (Å²) in [5, 5.41) is 11.9. The lowest BCUT2D eigenvalue weighted by atomic mass is 10.0. The third kappa shape index (κ3) is 39.6. The third-order valence-corrected chi connectivity index (χ3v) is 10.4. The van der Waals surface area contributed by atoms with Crippen LogP contribution in [0.4, 0.5) is 0 Å². The van der Waals surface area contributed by atoms with Crippen LogP contribution in [0.25, 0.3) is 0 Å². The van der Waals surface area contributed by atoms with Gasteiger partial charge in [0.1, 0.15) is 12.1 Å². The zero-order valence-corrected chi connectivity index (χ0v) is 36.0. The van der Waals surface area contributed by atoms with Gasteiger partial charge in [-0.3, -0.25) is 9.59 Å². The highest BCUT2D eigenvalue weighted by Gasteiger charge is 2.19.